The molecule has 0 aromatic heterocycles. The summed E-state index contributed by atoms with van der Waals surface area (Å²) in [6, 6.07) is 14.7. The zero-order valence-electron chi connectivity index (χ0n) is 20.9. The molecule has 0 saturated carbocycles. The van der Waals surface area contributed by atoms with Crippen molar-refractivity contribution in [2.45, 2.75) is 20.4 Å². The van der Waals surface area contributed by atoms with Crippen LogP contribution in [-0.2, 0) is 16.1 Å². The Morgan fingerprint density at radius 1 is 1.15 bits per heavy atom. The number of thioether (sulfide) groups is 1. The number of hydrogen-bond acceptors (Lipinski definition) is 6. The van der Waals surface area contributed by atoms with Gasteiger partial charge in [0.2, 0.25) is 0 Å². The summed E-state index contributed by atoms with van der Waals surface area (Å²) >= 11 is 8.97. The topological polar surface area (TPSA) is 84.9 Å². The molecule has 4 rings (SSSR count). The van der Waals surface area contributed by atoms with Crippen LogP contribution in [-0.4, -0.2) is 35.2 Å². The maximum absolute atomic E-state index is 14.1. The Morgan fingerprint density at radius 3 is 2.64 bits per heavy atom. The molecule has 0 atom stereocenters. The van der Waals surface area contributed by atoms with E-state index >= 15 is 0 Å². The lowest BCUT2D eigenvalue weighted by atomic mass is 10.1. The van der Waals surface area contributed by atoms with Crippen molar-refractivity contribution in [3.63, 3.8) is 0 Å². The number of nitrogens with one attached hydrogen (secondary N) is 1. The van der Waals surface area contributed by atoms with Gasteiger partial charge in [0.1, 0.15) is 5.82 Å². The minimum atomic E-state index is -0.505. The first kappa shape index (κ1) is 28.9. The highest BCUT2D eigenvalue weighted by molar-refractivity contribution is 14.1. The number of imide groups is 1. The Hall–Kier alpha value is -3.09. The van der Waals surface area contributed by atoms with Crippen LogP contribution in [0.1, 0.15) is 23.6 Å². The number of nitrogens with zero attached hydrogens (tertiary/aromatic N) is 1. The minimum absolute atomic E-state index is 0.153. The first-order valence-electron chi connectivity index (χ1n) is 11.8. The van der Waals surface area contributed by atoms with E-state index in [1.54, 1.807) is 42.5 Å². The predicted molar refractivity (Wildman–Crippen MR) is 159 cm³/mol. The van der Waals surface area contributed by atoms with Crippen LogP contribution >= 0.6 is 46.0 Å². The molecule has 0 unspecified atom stereocenters. The van der Waals surface area contributed by atoms with Gasteiger partial charge in [0.25, 0.3) is 17.1 Å². The van der Waals surface area contributed by atoms with Crippen molar-refractivity contribution in [2.24, 2.45) is 0 Å². The third-order valence-corrected chi connectivity index (χ3v) is 7.71. The minimum Gasteiger partial charge on any atom is -0.490 e. The van der Waals surface area contributed by atoms with Crippen LogP contribution in [0.3, 0.4) is 0 Å². The summed E-state index contributed by atoms with van der Waals surface area (Å²) in [6.45, 7) is 3.60. The molecule has 11 heteroatoms. The number of rotatable bonds is 9. The number of aryl methyl sites for hydroxylation is 1. The molecule has 1 saturated heterocycles. The summed E-state index contributed by atoms with van der Waals surface area (Å²) < 4.78 is 26.2. The fourth-order valence-electron chi connectivity index (χ4n) is 3.66. The lowest BCUT2D eigenvalue weighted by molar-refractivity contribution is -0.123. The highest BCUT2D eigenvalue weighted by atomic mass is 127. The second-order valence-electron chi connectivity index (χ2n) is 8.42. The van der Waals surface area contributed by atoms with Gasteiger partial charge in [-0.2, -0.15) is 0 Å². The standard InChI is InChI=1S/C28H23ClFIN2O5S/c1-3-37-23-11-17(12-24-27(35)33(28(36)39-24)14-18-6-4-5-7-21(18)30)10-22(31)26(23)38-15-25(34)32-19-9-8-16(2)20(29)13-19/h4-13H,3,14-15H2,1-2H3,(H,32,34)/b24-12-. The van der Waals surface area contributed by atoms with Crippen LogP contribution in [0.4, 0.5) is 14.9 Å². The van der Waals surface area contributed by atoms with Gasteiger partial charge in [-0.1, -0.05) is 35.9 Å². The first-order valence-corrected chi connectivity index (χ1v) is 14.1. The quantitative estimate of drug-likeness (QED) is 0.193. The summed E-state index contributed by atoms with van der Waals surface area (Å²) in [5.74, 6) is -0.606. The van der Waals surface area contributed by atoms with E-state index in [0.717, 1.165) is 22.2 Å². The number of amides is 3. The van der Waals surface area contributed by atoms with Gasteiger partial charge in [0, 0.05) is 16.3 Å². The monoisotopic (exact) mass is 680 g/mol. The Morgan fingerprint density at radius 2 is 1.92 bits per heavy atom. The van der Waals surface area contributed by atoms with Crippen molar-refractivity contribution in [2.75, 3.05) is 18.5 Å². The van der Waals surface area contributed by atoms with E-state index in [1.165, 1.54) is 12.1 Å². The predicted octanol–water partition coefficient (Wildman–Crippen LogP) is 7.04. The van der Waals surface area contributed by atoms with E-state index < -0.39 is 17.0 Å². The van der Waals surface area contributed by atoms with E-state index in [4.69, 9.17) is 21.1 Å². The Kier molecular flexibility index (Phi) is 9.52. The molecule has 7 nitrogen and oxygen atoms in total. The van der Waals surface area contributed by atoms with Crippen molar-refractivity contribution < 1.29 is 28.2 Å². The second-order valence-corrected chi connectivity index (χ2v) is 11.0. The average molecular weight is 681 g/mol. The lowest BCUT2D eigenvalue weighted by Crippen LogP contribution is -2.27. The molecule has 3 amide bonds. The van der Waals surface area contributed by atoms with Crippen LogP contribution in [0.2, 0.25) is 5.02 Å². The molecule has 39 heavy (non-hydrogen) atoms. The molecule has 1 aliphatic heterocycles. The summed E-state index contributed by atoms with van der Waals surface area (Å²) in [5, 5.41) is 2.81. The van der Waals surface area contributed by atoms with Crippen LogP contribution in [0, 0.1) is 16.3 Å². The SMILES string of the molecule is CCOc1cc(/C=C2\SC(=O)N(Cc3ccccc3F)C2=O)cc(I)c1OCC(=O)Nc1ccc(C)c(Cl)c1. The zero-order chi connectivity index (χ0) is 28.1. The van der Waals surface area contributed by atoms with Gasteiger partial charge >= 0.3 is 0 Å². The molecule has 1 heterocycles. The van der Waals surface area contributed by atoms with Gasteiger partial charge in [-0.3, -0.25) is 19.3 Å². The molecule has 0 bridgehead atoms. The Balaban J connectivity index is 1.49. The average Bonchev–Trinajstić information content (AvgIpc) is 3.14. The zero-order valence-corrected chi connectivity index (χ0v) is 24.7. The van der Waals surface area contributed by atoms with Crippen LogP contribution < -0.4 is 14.8 Å². The number of hydrogen-bond donors (Lipinski definition) is 1. The summed E-state index contributed by atoms with van der Waals surface area (Å²) in [5.41, 5.74) is 2.31. The van der Waals surface area contributed by atoms with Gasteiger partial charge < -0.3 is 14.8 Å². The molecule has 1 aliphatic rings. The van der Waals surface area contributed by atoms with E-state index in [1.807, 2.05) is 19.9 Å². The molecule has 202 valence electrons. The molecule has 3 aromatic rings. The maximum atomic E-state index is 14.1. The van der Waals surface area contributed by atoms with Crippen molar-refractivity contribution in [1.29, 1.82) is 0 Å². The van der Waals surface area contributed by atoms with Crippen molar-refractivity contribution in [3.05, 3.63) is 90.6 Å². The van der Waals surface area contributed by atoms with Gasteiger partial charge in [0.05, 0.1) is 21.6 Å². The molecule has 1 fully saturated rings. The number of halogens is 3. The smallest absolute Gasteiger partial charge is 0.293 e. The second kappa shape index (κ2) is 12.8. The Labute approximate surface area is 247 Å². The molecule has 0 spiro atoms. The highest BCUT2D eigenvalue weighted by Gasteiger charge is 2.35. The van der Waals surface area contributed by atoms with Gasteiger partial charge in [-0.15, -0.1) is 0 Å². The number of carbonyl (C=O) groups excluding carboxylic acids is 3. The third-order valence-electron chi connectivity index (χ3n) is 5.59. The van der Waals surface area contributed by atoms with E-state index in [0.29, 0.717) is 37.9 Å². The molecular formula is C28H23ClFIN2O5S. The maximum Gasteiger partial charge on any atom is 0.293 e. The van der Waals surface area contributed by atoms with Gasteiger partial charge in [-0.05, 0) is 95.7 Å². The molecular weight excluding hydrogens is 658 g/mol. The first-order chi connectivity index (χ1) is 18.7. The number of carbonyl (C=O) groups is 3. The van der Waals surface area contributed by atoms with Crippen LogP contribution in [0.5, 0.6) is 11.5 Å². The summed E-state index contributed by atoms with van der Waals surface area (Å²) in [7, 11) is 0. The highest BCUT2D eigenvalue weighted by Crippen LogP contribution is 2.38. The van der Waals surface area contributed by atoms with Gasteiger partial charge in [0.15, 0.2) is 18.1 Å². The summed E-state index contributed by atoms with van der Waals surface area (Å²) in [4.78, 5) is 39.2. The van der Waals surface area contributed by atoms with Crippen LogP contribution in [0.25, 0.3) is 6.08 Å². The van der Waals surface area contributed by atoms with E-state index in [2.05, 4.69) is 27.9 Å². The number of ether oxygens (including phenoxy) is 2. The van der Waals surface area contributed by atoms with Crippen LogP contribution in [0.15, 0.2) is 59.5 Å². The van der Waals surface area contributed by atoms with Crippen molar-refractivity contribution in [3.8, 4) is 11.5 Å². The number of benzene rings is 3. The Bertz CT molecular complexity index is 1480. The normalized spacial score (nSPS) is 14.2. The third kappa shape index (κ3) is 7.11. The van der Waals surface area contributed by atoms with E-state index in [9.17, 15) is 18.8 Å². The summed E-state index contributed by atoms with van der Waals surface area (Å²) in [6.07, 6.45) is 1.58. The van der Waals surface area contributed by atoms with Crippen molar-refractivity contribution >= 4 is 74.8 Å². The van der Waals surface area contributed by atoms with Crippen molar-refractivity contribution in [1.82, 2.24) is 4.90 Å². The molecule has 1 N–H and O–H groups in total. The molecule has 3 aromatic carbocycles. The molecule has 0 radical (unpaired) electrons. The lowest BCUT2D eigenvalue weighted by Gasteiger charge is -2.15. The van der Waals surface area contributed by atoms with Gasteiger partial charge in [-0.25, -0.2) is 4.39 Å². The molecule has 0 aliphatic carbocycles. The largest absolute Gasteiger partial charge is 0.490 e. The number of anilines is 1. The van der Waals surface area contributed by atoms with E-state index in [-0.39, 0.29) is 29.5 Å². The fourth-order valence-corrected chi connectivity index (χ4v) is 5.46. The fraction of sp³-hybridized carbons (Fsp3) is 0.179.